The van der Waals surface area contributed by atoms with Gasteiger partial charge in [0.05, 0.1) is 24.2 Å². The van der Waals surface area contributed by atoms with Crippen LogP contribution in [0.5, 0.6) is 0 Å². The molecular formula is C28H45BN2O3. The second-order valence-electron chi connectivity index (χ2n) is 11.4. The first-order valence-electron chi connectivity index (χ1n) is 13.9. The van der Waals surface area contributed by atoms with Crippen molar-refractivity contribution in [1.29, 1.82) is 0 Å². The zero-order valence-corrected chi connectivity index (χ0v) is 21.3. The quantitative estimate of drug-likeness (QED) is 0.497. The standard InChI is InChI=1S/C28H45BN2O3/c1-20(2)18-25(31-28(32)24(30)19-21-12-6-3-7-13-21)29-33-26(22-14-8-4-9-15-22)27(34-29)23-16-10-5-11-17-23/h3,6-7,12-13,20,22-27H,4-5,8-11,14-19,30H2,1-2H3,(H,31,32)/t24-,25-,26+,27+/m0/s1. The molecule has 6 heteroatoms. The van der Waals surface area contributed by atoms with Crippen molar-refractivity contribution < 1.29 is 14.1 Å². The van der Waals surface area contributed by atoms with Crippen LogP contribution in [0.1, 0.15) is 90.0 Å². The van der Waals surface area contributed by atoms with E-state index in [0.29, 0.717) is 24.2 Å². The minimum absolute atomic E-state index is 0.114. The highest BCUT2D eigenvalue weighted by atomic mass is 16.7. The van der Waals surface area contributed by atoms with Crippen LogP contribution in [-0.4, -0.2) is 37.2 Å². The van der Waals surface area contributed by atoms with Gasteiger partial charge in [-0.2, -0.15) is 0 Å². The summed E-state index contributed by atoms with van der Waals surface area (Å²) in [7, 11) is -0.380. The van der Waals surface area contributed by atoms with Gasteiger partial charge in [-0.25, -0.2) is 0 Å². The first kappa shape index (κ1) is 25.7. The largest absolute Gasteiger partial charge is 0.481 e. The van der Waals surface area contributed by atoms with E-state index in [9.17, 15) is 4.79 Å². The van der Waals surface area contributed by atoms with E-state index in [1.807, 2.05) is 30.3 Å². The molecule has 1 saturated heterocycles. The van der Waals surface area contributed by atoms with E-state index in [1.54, 1.807) is 0 Å². The molecule has 3 fully saturated rings. The van der Waals surface area contributed by atoms with E-state index in [-0.39, 0.29) is 31.2 Å². The molecule has 0 spiro atoms. The lowest BCUT2D eigenvalue weighted by molar-refractivity contribution is -0.122. The molecule has 1 heterocycles. The van der Waals surface area contributed by atoms with Crippen molar-refractivity contribution in [3.05, 3.63) is 35.9 Å². The number of carbonyl (C=O) groups is 1. The molecule has 1 aromatic carbocycles. The third-order valence-corrected chi connectivity index (χ3v) is 8.15. The number of amides is 1. The fourth-order valence-corrected chi connectivity index (χ4v) is 6.37. The van der Waals surface area contributed by atoms with Crippen molar-refractivity contribution in [2.45, 2.75) is 115 Å². The summed E-state index contributed by atoms with van der Waals surface area (Å²) in [5.74, 6) is 1.30. The number of rotatable bonds is 9. The Labute approximate surface area is 207 Å². The van der Waals surface area contributed by atoms with Gasteiger partial charge in [0.25, 0.3) is 0 Å². The predicted octanol–water partition coefficient (Wildman–Crippen LogP) is 5.06. The van der Waals surface area contributed by atoms with Crippen LogP contribution < -0.4 is 11.1 Å². The predicted molar refractivity (Wildman–Crippen MR) is 138 cm³/mol. The van der Waals surface area contributed by atoms with Gasteiger partial charge in [-0.05, 0) is 61.8 Å². The van der Waals surface area contributed by atoms with E-state index < -0.39 is 6.04 Å². The molecule has 0 aromatic heterocycles. The summed E-state index contributed by atoms with van der Waals surface area (Å²) in [5.41, 5.74) is 7.40. The van der Waals surface area contributed by atoms with Gasteiger partial charge in [-0.1, -0.05) is 82.7 Å². The Bertz CT molecular complexity index is 723. The van der Waals surface area contributed by atoms with Gasteiger partial charge in [0.15, 0.2) is 0 Å². The second kappa shape index (κ2) is 12.6. The Kier molecular flexibility index (Phi) is 9.49. The van der Waals surface area contributed by atoms with Crippen LogP contribution in [0.2, 0.25) is 0 Å². The van der Waals surface area contributed by atoms with Gasteiger partial charge in [0, 0.05) is 0 Å². The van der Waals surface area contributed by atoms with Gasteiger partial charge in [-0.3, -0.25) is 4.79 Å². The van der Waals surface area contributed by atoms with E-state index in [0.717, 1.165) is 12.0 Å². The summed E-state index contributed by atoms with van der Waals surface area (Å²) < 4.78 is 13.5. The average molecular weight is 468 g/mol. The minimum Gasteiger partial charge on any atom is -0.404 e. The van der Waals surface area contributed by atoms with E-state index in [2.05, 4.69) is 19.2 Å². The highest BCUT2D eigenvalue weighted by Gasteiger charge is 2.50. The van der Waals surface area contributed by atoms with Crippen molar-refractivity contribution in [3.8, 4) is 0 Å². The van der Waals surface area contributed by atoms with Crippen LogP contribution >= 0.6 is 0 Å². The zero-order chi connectivity index (χ0) is 23.9. The first-order chi connectivity index (χ1) is 16.5. The summed E-state index contributed by atoms with van der Waals surface area (Å²) >= 11 is 0. The van der Waals surface area contributed by atoms with Crippen LogP contribution in [0.15, 0.2) is 30.3 Å². The van der Waals surface area contributed by atoms with Gasteiger partial charge in [-0.15, -0.1) is 0 Å². The molecular weight excluding hydrogens is 423 g/mol. The highest BCUT2D eigenvalue weighted by Crippen LogP contribution is 2.41. The Morgan fingerprint density at radius 2 is 1.47 bits per heavy atom. The molecule has 188 valence electrons. The molecule has 1 amide bonds. The number of hydrogen-bond donors (Lipinski definition) is 2. The Morgan fingerprint density at radius 3 is 1.97 bits per heavy atom. The number of nitrogens with one attached hydrogen (secondary N) is 1. The molecule has 4 rings (SSSR count). The van der Waals surface area contributed by atoms with Gasteiger partial charge < -0.3 is 20.4 Å². The molecule has 1 aromatic rings. The first-order valence-corrected chi connectivity index (χ1v) is 13.9. The lowest BCUT2D eigenvalue weighted by atomic mass is 9.73. The molecule has 0 bridgehead atoms. The van der Waals surface area contributed by atoms with Crippen LogP contribution in [-0.2, 0) is 20.5 Å². The number of nitrogens with two attached hydrogens (primary N) is 1. The van der Waals surface area contributed by atoms with Gasteiger partial charge >= 0.3 is 7.12 Å². The van der Waals surface area contributed by atoms with Gasteiger partial charge in [0.2, 0.25) is 5.91 Å². The smallest absolute Gasteiger partial charge is 0.404 e. The fraction of sp³-hybridized carbons (Fsp3) is 0.750. The van der Waals surface area contributed by atoms with Crippen LogP contribution in [0.25, 0.3) is 0 Å². The van der Waals surface area contributed by atoms with Crippen molar-refractivity contribution in [2.24, 2.45) is 23.5 Å². The number of carbonyl (C=O) groups excluding carboxylic acids is 1. The average Bonchev–Trinajstić information content (AvgIpc) is 3.31. The molecule has 3 N–H and O–H groups in total. The molecule has 2 saturated carbocycles. The zero-order valence-electron chi connectivity index (χ0n) is 21.3. The SMILES string of the molecule is CC(C)C[C@H](NC(=O)[C@@H](N)Cc1ccccc1)B1O[C@H](C2CCCCC2)[C@@H](C2CCCCC2)O1. The maximum absolute atomic E-state index is 13.1. The Hall–Kier alpha value is -1.37. The molecule has 1 aliphatic heterocycles. The highest BCUT2D eigenvalue weighted by molar-refractivity contribution is 6.47. The molecule has 0 radical (unpaired) electrons. The molecule has 34 heavy (non-hydrogen) atoms. The van der Waals surface area contributed by atoms with Crippen LogP contribution in [0.4, 0.5) is 0 Å². The molecule has 2 aliphatic carbocycles. The van der Waals surface area contributed by atoms with Crippen LogP contribution in [0.3, 0.4) is 0 Å². The maximum atomic E-state index is 13.1. The fourth-order valence-electron chi connectivity index (χ4n) is 6.37. The lowest BCUT2D eigenvalue weighted by Crippen LogP contribution is -2.53. The normalized spacial score (nSPS) is 26.5. The molecule has 3 aliphatic rings. The third kappa shape index (κ3) is 6.86. The number of hydrogen-bond acceptors (Lipinski definition) is 4. The summed E-state index contributed by atoms with van der Waals surface area (Å²) in [5, 5.41) is 3.24. The summed E-state index contributed by atoms with van der Waals surface area (Å²) in [6.45, 7) is 4.38. The molecule has 5 nitrogen and oxygen atoms in total. The Balaban J connectivity index is 1.45. The summed E-state index contributed by atoms with van der Waals surface area (Å²) in [4.78, 5) is 13.1. The van der Waals surface area contributed by atoms with E-state index >= 15 is 0 Å². The van der Waals surface area contributed by atoms with Crippen molar-refractivity contribution in [2.75, 3.05) is 0 Å². The van der Waals surface area contributed by atoms with Crippen molar-refractivity contribution >= 4 is 13.0 Å². The monoisotopic (exact) mass is 468 g/mol. The van der Waals surface area contributed by atoms with Crippen LogP contribution in [0, 0.1) is 17.8 Å². The lowest BCUT2D eigenvalue weighted by Gasteiger charge is -2.35. The molecule has 4 atom stereocenters. The summed E-state index contributed by atoms with van der Waals surface area (Å²) in [6.07, 6.45) is 14.5. The van der Waals surface area contributed by atoms with Crippen molar-refractivity contribution in [1.82, 2.24) is 5.32 Å². The maximum Gasteiger partial charge on any atom is 0.481 e. The second-order valence-corrected chi connectivity index (χ2v) is 11.4. The van der Waals surface area contributed by atoms with E-state index in [1.165, 1.54) is 64.2 Å². The topological polar surface area (TPSA) is 73.6 Å². The minimum atomic E-state index is -0.582. The Morgan fingerprint density at radius 1 is 0.941 bits per heavy atom. The summed E-state index contributed by atoms with van der Waals surface area (Å²) in [6, 6.07) is 9.41. The van der Waals surface area contributed by atoms with Gasteiger partial charge in [0.1, 0.15) is 0 Å². The molecule has 0 unspecified atom stereocenters. The third-order valence-electron chi connectivity index (χ3n) is 8.15. The number of benzene rings is 1. The van der Waals surface area contributed by atoms with E-state index in [4.69, 9.17) is 15.0 Å². The van der Waals surface area contributed by atoms with Crippen molar-refractivity contribution in [3.63, 3.8) is 0 Å².